The second kappa shape index (κ2) is 6.44. The summed E-state index contributed by atoms with van der Waals surface area (Å²) in [6.45, 7) is 2.51. The number of hydrogen-bond donors (Lipinski definition) is 1. The van der Waals surface area contributed by atoms with Gasteiger partial charge in [0.1, 0.15) is 0 Å². The molecular weight excluding hydrogens is 343 g/mol. The van der Waals surface area contributed by atoms with E-state index in [2.05, 4.69) is 17.3 Å². The molecule has 1 aromatic carbocycles. The minimum absolute atomic E-state index is 0.105. The second-order valence-electron chi connectivity index (χ2n) is 6.48. The van der Waals surface area contributed by atoms with Crippen LogP contribution in [-0.2, 0) is 6.18 Å². The molecule has 0 saturated carbocycles. The van der Waals surface area contributed by atoms with Gasteiger partial charge in [0.25, 0.3) is 0 Å². The largest absolute Gasteiger partial charge is 0.417 e. The number of likely N-dealkylation sites (tertiary alicyclic amines) is 2. The highest BCUT2D eigenvalue weighted by molar-refractivity contribution is 6.31. The summed E-state index contributed by atoms with van der Waals surface area (Å²) in [4.78, 5) is 16.5. The van der Waals surface area contributed by atoms with Crippen LogP contribution in [0.2, 0.25) is 5.02 Å². The molecule has 0 spiro atoms. The van der Waals surface area contributed by atoms with Crippen molar-refractivity contribution in [1.29, 1.82) is 0 Å². The number of urea groups is 1. The van der Waals surface area contributed by atoms with Crippen LogP contribution in [0.4, 0.5) is 23.7 Å². The highest BCUT2D eigenvalue weighted by Crippen LogP contribution is 2.36. The molecule has 0 radical (unpaired) electrons. The van der Waals surface area contributed by atoms with E-state index in [1.165, 1.54) is 6.07 Å². The van der Waals surface area contributed by atoms with Gasteiger partial charge in [0, 0.05) is 24.8 Å². The summed E-state index contributed by atoms with van der Waals surface area (Å²) in [5.74, 6) is 0.436. The zero-order valence-electron chi connectivity index (χ0n) is 13.2. The fourth-order valence-corrected chi connectivity index (χ4v) is 3.86. The molecule has 0 bridgehead atoms. The van der Waals surface area contributed by atoms with E-state index in [9.17, 15) is 18.0 Å². The minimum Gasteiger partial charge on any atom is -0.321 e. The van der Waals surface area contributed by atoms with E-state index >= 15 is 0 Å². The first-order valence-electron chi connectivity index (χ1n) is 7.88. The number of carbonyl (C=O) groups excluding carboxylic acids is 1. The Labute approximate surface area is 143 Å². The number of nitrogens with one attached hydrogen (secondary N) is 1. The van der Waals surface area contributed by atoms with Crippen molar-refractivity contribution in [2.75, 3.05) is 32.0 Å². The molecule has 3 rings (SSSR count). The van der Waals surface area contributed by atoms with Gasteiger partial charge >= 0.3 is 12.2 Å². The van der Waals surface area contributed by atoms with Gasteiger partial charge in [-0.2, -0.15) is 13.2 Å². The Morgan fingerprint density at radius 3 is 2.75 bits per heavy atom. The number of nitrogens with zero attached hydrogens (tertiary/aromatic N) is 2. The number of piperidine rings is 1. The van der Waals surface area contributed by atoms with Crippen molar-refractivity contribution in [3.8, 4) is 0 Å². The molecule has 2 atom stereocenters. The van der Waals surface area contributed by atoms with Crippen LogP contribution >= 0.6 is 11.6 Å². The zero-order chi connectivity index (χ0) is 17.5. The highest BCUT2D eigenvalue weighted by atomic mass is 35.5. The van der Waals surface area contributed by atoms with Gasteiger partial charge in [-0.15, -0.1) is 0 Å². The van der Waals surface area contributed by atoms with Crippen molar-refractivity contribution in [3.05, 3.63) is 28.8 Å². The van der Waals surface area contributed by atoms with Gasteiger partial charge in [-0.25, -0.2) is 4.79 Å². The number of halogens is 4. The number of alkyl halides is 3. The summed E-state index contributed by atoms with van der Waals surface area (Å²) < 4.78 is 38.7. The Balaban J connectivity index is 1.72. The van der Waals surface area contributed by atoms with Crippen molar-refractivity contribution >= 4 is 23.3 Å². The Bertz CT molecular complexity index is 637. The van der Waals surface area contributed by atoms with Gasteiger partial charge in [0.2, 0.25) is 0 Å². The maximum atomic E-state index is 12.9. The summed E-state index contributed by atoms with van der Waals surface area (Å²) in [5, 5.41) is 2.20. The van der Waals surface area contributed by atoms with Crippen molar-refractivity contribution in [3.63, 3.8) is 0 Å². The first-order valence-corrected chi connectivity index (χ1v) is 8.26. The normalized spacial score (nSPS) is 24.8. The zero-order valence-corrected chi connectivity index (χ0v) is 14.0. The summed E-state index contributed by atoms with van der Waals surface area (Å²) in [6.07, 6.45) is -2.73. The summed E-state index contributed by atoms with van der Waals surface area (Å²) in [5.41, 5.74) is -0.839. The monoisotopic (exact) mass is 361 g/mol. The van der Waals surface area contributed by atoms with E-state index in [0.717, 1.165) is 38.1 Å². The van der Waals surface area contributed by atoms with Crippen molar-refractivity contribution < 1.29 is 18.0 Å². The molecule has 1 aromatic rings. The molecule has 0 unspecified atom stereocenters. The van der Waals surface area contributed by atoms with Gasteiger partial charge in [-0.1, -0.05) is 11.6 Å². The number of rotatable bonds is 1. The topological polar surface area (TPSA) is 35.6 Å². The van der Waals surface area contributed by atoms with Gasteiger partial charge in [0.15, 0.2) is 0 Å². The molecule has 4 nitrogen and oxygen atoms in total. The van der Waals surface area contributed by atoms with E-state index in [-0.39, 0.29) is 22.8 Å². The molecular formula is C16H19ClF3N3O. The molecule has 2 aliphatic heterocycles. The number of carbonyl (C=O) groups is 1. The molecule has 24 heavy (non-hydrogen) atoms. The van der Waals surface area contributed by atoms with Crippen LogP contribution < -0.4 is 5.32 Å². The van der Waals surface area contributed by atoms with E-state index in [0.29, 0.717) is 12.5 Å². The summed E-state index contributed by atoms with van der Waals surface area (Å²) in [7, 11) is 2.06. The third-order valence-corrected chi connectivity index (χ3v) is 5.15. The molecule has 132 valence electrons. The summed E-state index contributed by atoms with van der Waals surface area (Å²) in [6, 6.07) is 3.24. The standard InChI is InChI=1S/C16H19ClF3N3O/c1-22-6-5-14-10(9-22)4-7-23(14)15(24)21-11-2-3-13(17)12(8-11)16(18,19)20/h2-3,8,10,14H,4-7,9H2,1H3,(H,21,24)/t10-,14-/m1/s1. The second-order valence-corrected chi connectivity index (χ2v) is 6.89. The quantitative estimate of drug-likeness (QED) is 0.823. The predicted molar refractivity (Wildman–Crippen MR) is 86.2 cm³/mol. The molecule has 2 saturated heterocycles. The maximum Gasteiger partial charge on any atom is 0.417 e. The number of fused-ring (bicyclic) bond motifs is 1. The fraction of sp³-hybridized carbons (Fsp3) is 0.562. The Morgan fingerprint density at radius 1 is 1.29 bits per heavy atom. The highest BCUT2D eigenvalue weighted by Gasteiger charge is 2.40. The Morgan fingerprint density at radius 2 is 2.04 bits per heavy atom. The number of benzene rings is 1. The molecule has 2 fully saturated rings. The molecule has 1 N–H and O–H groups in total. The predicted octanol–water partition coefficient (Wildman–Crippen LogP) is 3.92. The van der Waals surface area contributed by atoms with Crippen LogP contribution in [0.1, 0.15) is 18.4 Å². The van der Waals surface area contributed by atoms with Gasteiger partial charge < -0.3 is 15.1 Å². The van der Waals surface area contributed by atoms with Crippen molar-refractivity contribution in [1.82, 2.24) is 9.80 Å². The van der Waals surface area contributed by atoms with Gasteiger partial charge in [-0.05, 0) is 50.6 Å². The molecule has 0 aromatic heterocycles. The third-order valence-electron chi connectivity index (χ3n) is 4.82. The van der Waals surface area contributed by atoms with E-state index in [4.69, 9.17) is 11.6 Å². The average Bonchev–Trinajstić information content (AvgIpc) is 2.91. The molecule has 2 amide bonds. The van der Waals surface area contributed by atoms with Crippen LogP contribution in [0.25, 0.3) is 0 Å². The number of hydrogen-bond acceptors (Lipinski definition) is 2. The lowest BCUT2D eigenvalue weighted by atomic mass is 9.93. The lowest BCUT2D eigenvalue weighted by Gasteiger charge is -2.36. The van der Waals surface area contributed by atoms with Gasteiger partial charge in [-0.3, -0.25) is 0 Å². The lowest BCUT2D eigenvalue weighted by Crippen LogP contribution is -2.47. The fourth-order valence-electron chi connectivity index (χ4n) is 3.63. The molecule has 8 heteroatoms. The number of amides is 2. The van der Waals surface area contributed by atoms with Crippen LogP contribution in [0.15, 0.2) is 18.2 Å². The van der Waals surface area contributed by atoms with Gasteiger partial charge in [0.05, 0.1) is 10.6 Å². The Hall–Kier alpha value is -1.47. The lowest BCUT2D eigenvalue weighted by molar-refractivity contribution is -0.137. The minimum atomic E-state index is -4.55. The smallest absolute Gasteiger partial charge is 0.321 e. The molecule has 2 heterocycles. The van der Waals surface area contributed by atoms with Crippen LogP contribution in [-0.4, -0.2) is 48.6 Å². The summed E-state index contributed by atoms with van der Waals surface area (Å²) >= 11 is 5.60. The maximum absolute atomic E-state index is 12.9. The first-order chi connectivity index (χ1) is 11.3. The van der Waals surface area contributed by atoms with Crippen LogP contribution in [0, 0.1) is 5.92 Å². The first kappa shape index (κ1) is 17.4. The molecule has 0 aliphatic carbocycles. The van der Waals surface area contributed by atoms with Crippen molar-refractivity contribution in [2.45, 2.75) is 25.1 Å². The van der Waals surface area contributed by atoms with Crippen LogP contribution in [0.3, 0.4) is 0 Å². The Kier molecular flexibility index (Phi) is 4.66. The van der Waals surface area contributed by atoms with E-state index in [1.54, 1.807) is 4.90 Å². The number of anilines is 1. The third kappa shape index (κ3) is 3.47. The van der Waals surface area contributed by atoms with E-state index < -0.39 is 11.7 Å². The average molecular weight is 362 g/mol. The molecule has 2 aliphatic rings. The SMILES string of the molecule is CN1CC[C@@H]2[C@H](CCN2C(=O)Nc2ccc(Cl)c(C(F)(F)F)c2)C1. The van der Waals surface area contributed by atoms with E-state index in [1.807, 2.05) is 0 Å². The van der Waals surface area contributed by atoms with Crippen LogP contribution in [0.5, 0.6) is 0 Å². The van der Waals surface area contributed by atoms with Crippen molar-refractivity contribution in [2.24, 2.45) is 5.92 Å².